The molecule has 2 heterocycles. The molecule has 0 radical (unpaired) electrons. The quantitative estimate of drug-likeness (QED) is 0.773. The molecule has 0 aromatic heterocycles. The normalized spacial score (nSPS) is 23.4. The molecule has 1 fully saturated rings. The molecule has 1 N–H and O–H groups in total. The van der Waals surface area contributed by atoms with Gasteiger partial charge in [0.15, 0.2) is 0 Å². The maximum absolute atomic E-state index is 12.3. The highest BCUT2D eigenvalue weighted by Crippen LogP contribution is 2.21. The first-order valence-corrected chi connectivity index (χ1v) is 6.58. The second-order valence-corrected chi connectivity index (χ2v) is 4.96. The number of rotatable bonds is 3. The van der Waals surface area contributed by atoms with Crippen LogP contribution in [0.25, 0.3) is 0 Å². The minimum atomic E-state index is -0.904. The van der Waals surface area contributed by atoms with Crippen molar-refractivity contribution in [2.45, 2.75) is 25.3 Å². The monoisotopic (exact) mass is 268 g/mol. The Morgan fingerprint density at radius 1 is 1.47 bits per heavy atom. The molecule has 19 heavy (non-hydrogen) atoms. The van der Waals surface area contributed by atoms with Crippen LogP contribution < -0.4 is 0 Å². The summed E-state index contributed by atoms with van der Waals surface area (Å²) in [6.45, 7) is 2.32. The number of carboxylic acids is 1. The van der Waals surface area contributed by atoms with Crippen LogP contribution in [0.1, 0.15) is 19.3 Å². The molecule has 0 unspecified atom stereocenters. The molecule has 2 aliphatic heterocycles. The van der Waals surface area contributed by atoms with Gasteiger partial charge in [-0.15, -0.1) is 0 Å². The molecule has 1 saturated heterocycles. The lowest BCUT2D eigenvalue weighted by molar-refractivity contribution is -0.141. The molecule has 0 spiro atoms. The summed E-state index contributed by atoms with van der Waals surface area (Å²) in [5, 5.41) is 9.10. The number of hydrogen-bond acceptors (Lipinski definition) is 3. The predicted molar refractivity (Wildman–Crippen MR) is 68.9 cm³/mol. The van der Waals surface area contributed by atoms with Crippen LogP contribution in [-0.2, 0) is 9.53 Å². The minimum absolute atomic E-state index is 0.155. The number of carbonyl (C=O) groups is 2. The minimum Gasteiger partial charge on any atom is -0.480 e. The van der Waals surface area contributed by atoms with Crippen LogP contribution in [-0.4, -0.2) is 66.3 Å². The first-order chi connectivity index (χ1) is 9.13. The fourth-order valence-corrected chi connectivity index (χ4v) is 2.64. The van der Waals surface area contributed by atoms with E-state index in [0.717, 1.165) is 12.8 Å². The average molecular weight is 268 g/mol. The molecule has 0 aromatic carbocycles. The van der Waals surface area contributed by atoms with Gasteiger partial charge >= 0.3 is 12.0 Å². The number of ether oxygens (including phenoxy) is 1. The Morgan fingerprint density at radius 2 is 2.26 bits per heavy atom. The van der Waals surface area contributed by atoms with E-state index in [2.05, 4.69) is 0 Å². The van der Waals surface area contributed by atoms with Gasteiger partial charge in [-0.25, -0.2) is 9.59 Å². The van der Waals surface area contributed by atoms with Gasteiger partial charge in [-0.2, -0.15) is 0 Å². The van der Waals surface area contributed by atoms with E-state index in [0.29, 0.717) is 32.7 Å². The third kappa shape index (κ3) is 3.07. The summed E-state index contributed by atoms with van der Waals surface area (Å²) in [6, 6.07) is -0.811. The Hall–Kier alpha value is -1.56. The van der Waals surface area contributed by atoms with Gasteiger partial charge in [-0.3, -0.25) is 0 Å². The maximum atomic E-state index is 12.3. The van der Waals surface area contributed by atoms with Crippen molar-refractivity contribution in [3.8, 4) is 0 Å². The zero-order valence-electron chi connectivity index (χ0n) is 11.2. The van der Waals surface area contributed by atoms with Gasteiger partial charge in [0.05, 0.1) is 6.61 Å². The van der Waals surface area contributed by atoms with Gasteiger partial charge in [-0.1, -0.05) is 6.08 Å². The molecule has 0 saturated carbocycles. The van der Waals surface area contributed by atoms with Gasteiger partial charge in [0.1, 0.15) is 6.04 Å². The third-order valence-corrected chi connectivity index (χ3v) is 3.69. The first kappa shape index (κ1) is 13.9. The van der Waals surface area contributed by atoms with E-state index in [1.807, 2.05) is 6.08 Å². The van der Waals surface area contributed by atoms with Gasteiger partial charge < -0.3 is 19.6 Å². The Kier molecular flexibility index (Phi) is 4.42. The van der Waals surface area contributed by atoms with Crippen LogP contribution in [0.2, 0.25) is 0 Å². The standard InChI is InChI=1S/C13H20N2O4/c1-19-9-10-4-7-14(8-5-10)13(18)15-6-2-3-11(15)12(16)17/h4,11H,2-3,5-9H2,1H3,(H,16,17)/t11-/m0/s1. The topological polar surface area (TPSA) is 70.1 Å². The van der Waals surface area contributed by atoms with Crippen LogP contribution in [0.5, 0.6) is 0 Å². The summed E-state index contributed by atoms with van der Waals surface area (Å²) < 4.78 is 5.07. The van der Waals surface area contributed by atoms with Crippen molar-refractivity contribution >= 4 is 12.0 Å². The van der Waals surface area contributed by atoms with Crippen molar-refractivity contribution < 1.29 is 19.4 Å². The van der Waals surface area contributed by atoms with Crippen molar-refractivity contribution in [1.29, 1.82) is 0 Å². The summed E-state index contributed by atoms with van der Waals surface area (Å²) in [4.78, 5) is 26.6. The maximum Gasteiger partial charge on any atom is 0.326 e. The third-order valence-electron chi connectivity index (χ3n) is 3.69. The number of nitrogens with zero attached hydrogens (tertiary/aromatic N) is 2. The zero-order valence-corrected chi connectivity index (χ0v) is 11.2. The number of hydrogen-bond donors (Lipinski definition) is 1. The van der Waals surface area contributed by atoms with Gasteiger partial charge in [0.2, 0.25) is 0 Å². The van der Waals surface area contributed by atoms with E-state index in [1.165, 1.54) is 10.5 Å². The van der Waals surface area contributed by atoms with E-state index in [9.17, 15) is 9.59 Å². The van der Waals surface area contributed by atoms with E-state index >= 15 is 0 Å². The highest BCUT2D eigenvalue weighted by molar-refractivity contribution is 5.83. The van der Waals surface area contributed by atoms with Crippen LogP contribution in [0.15, 0.2) is 11.6 Å². The van der Waals surface area contributed by atoms with Gasteiger partial charge in [-0.05, 0) is 24.8 Å². The summed E-state index contributed by atoms with van der Waals surface area (Å²) >= 11 is 0. The fraction of sp³-hybridized carbons (Fsp3) is 0.692. The Bertz CT molecular complexity index is 394. The Morgan fingerprint density at radius 3 is 2.84 bits per heavy atom. The molecule has 106 valence electrons. The van der Waals surface area contributed by atoms with Gasteiger partial charge in [0.25, 0.3) is 0 Å². The van der Waals surface area contributed by atoms with E-state index < -0.39 is 12.0 Å². The molecule has 0 aromatic rings. The molecule has 0 aliphatic carbocycles. The van der Waals surface area contributed by atoms with E-state index in [4.69, 9.17) is 9.84 Å². The van der Waals surface area contributed by atoms with Crippen LogP contribution in [0, 0.1) is 0 Å². The van der Waals surface area contributed by atoms with E-state index in [-0.39, 0.29) is 6.03 Å². The van der Waals surface area contributed by atoms with Crippen molar-refractivity contribution in [3.05, 3.63) is 11.6 Å². The zero-order chi connectivity index (χ0) is 13.8. The Labute approximate surface area is 112 Å². The second-order valence-electron chi connectivity index (χ2n) is 4.96. The lowest BCUT2D eigenvalue weighted by atomic mass is 10.1. The van der Waals surface area contributed by atoms with E-state index in [1.54, 1.807) is 12.0 Å². The number of amides is 2. The number of likely N-dealkylation sites (tertiary alicyclic amines) is 1. The van der Waals surface area contributed by atoms with Crippen molar-refractivity contribution in [2.75, 3.05) is 33.4 Å². The van der Waals surface area contributed by atoms with Crippen molar-refractivity contribution in [3.63, 3.8) is 0 Å². The van der Waals surface area contributed by atoms with Gasteiger partial charge in [0, 0.05) is 26.7 Å². The van der Waals surface area contributed by atoms with Crippen LogP contribution in [0.3, 0.4) is 0 Å². The lowest BCUT2D eigenvalue weighted by Crippen LogP contribution is -2.49. The van der Waals surface area contributed by atoms with Crippen molar-refractivity contribution in [2.24, 2.45) is 0 Å². The molecular formula is C13H20N2O4. The number of aliphatic carboxylic acids is 1. The summed E-state index contributed by atoms with van der Waals surface area (Å²) in [5.41, 5.74) is 1.20. The fourth-order valence-electron chi connectivity index (χ4n) is 2.64. The molecule has 1 atom stereocenters. The second kappa shape index (κ2) is 6.06. The smallest absolute Gasteiger partial charge is 0.326 e. The molecule has 2 aliphatic rings. The summed E-state index contributed by atoms with van der Waals surface area (Å²) in [6.07, 6.45) is 4.11. The Balaban J connectivity index is 1.96. The lowest BCUT2D eigenvalue weighted by Gasteiger charge is -2.32. The molecular weight excluding hydrogens is 248 g/mol. The highest BCUT2D eigenvalue weighted by Gasteiger charge is 2.36. The molecule has 2 rings (SSSR count). The molecule has 0 bridgehead atoms. The first-order valence-electron chi connectivity index (χ1n) is 6.58. The molecule has 6 heteroatoms. The van der Waals surface area contributed by atoms with Crippen LogP contribution in [0.4, 0.5) is 4.79 Å². The van der Waals surface area contributed by atoms with Crippen LogP contribution >= 0.6 is 0 Å². The highest BCUT2D eigenvalue weighted by atomic mass is 16.5. The van der Waals surface area contributed by atoms with Crippen molar-refractivity contribution in [1.82, 2.24) is 9.80 Å². The number of urea groups is 1. The molecule has 6 nitrogen and oxygen atoms in total. The predicted octanol–water partition coefficient (Wildman–Crippen LogP) is 0.934. The summed E-state index contributed by atoms with van der Waals surface area (Å²) in [7, 11) is 1.65. The SMILES string of the molecule is COCC1=CCN(C(=O)N2CCC[C@H]2C(=O)O)CC1. The molecule has 2 amide bonds. The average Bonchev–Trinajstić information content (AvgIpc) is 2.88. The number of methoxy groups -OCH3 is 1. The summed E-state index contributed by atoms with van der Waals surface area (Å²) in [5.74, 6) is -0.904. The number of carbonyl (C=O) groups excluding carboxylic acids is 1. The largest absolute Gasteiger partial charge is 0.480 e. The number of carboxylic acid groups (broad SMARTS) is 1.